The van der Waals surface area contributed by atoms with E-state index in [-0.39, 0.29) is 22.8 Å². The summed E-state index contributed by atoms with van der Waals surface area (Å²) >= 11 is 0. The maximum Gasteiger partial charge on any atom is 0.315 e. The summed E-state index contributed by atoms with van der Waals surface area (Å²) in [5.41, 5.74) is 0.823. The van der Waals surface area contributed by atoms with Crippen LogP contribution in [-0.2, 0) is 5.41 Å². The van der Waals surface area contributed by atoms with Crippen molar-refractivity contribution in [2.24, 2.45) is 0 Å². The quantitative estimate of drug-likeness (QED) is 0.875. The lowest BCUT2D eigenvalue weighted by molar-refractivity contribution is 0.228. The number of carbonyl (C=O) groups excluding carboxylic acids is 1. The van der Waals surface area contributed by atoms with Gasteiger partial charge in [0.05, 0.1) is 0 Å². The molecule has 0 atom stereocenters. The summed E-state index contributed by atoms with van der Waals surface area (Å²) in [4.78, 5) is 12.0. The van der Waals surface area contributed by atoms with Crippen molar-refractivity contribution in [3.8, 4) is 0 Å². The van der Waals surface area contributed by atoms with Gasteiger partial charge in [0.15, 0.2) is 0 Å². The van der Waals surface area contributed by atoms with Gasteiger partial charge >= 0.3 is 6.03 Å². The first-order valence-electron chi connectivity index (χ1n) is 7.63. The fraction of sp³-hybridized carbons (Fsp3) is 0.588. The van der Waals surface area contributed by atoms with Crippen LogP contribution in [0.2, 0.25) is 0 Å². The van der Waals surface area contributed by atoms with Crippen LogP contribution >= 0.6 is 0 Å². The summed E-state index contributed by atoms with van der Waals surface area (Å²) in [6, 6.07) is 6.57. The van der Waals surface area contributed by atoms with E-state index in [2.05, 4.69) is 10.6 Å². The molecule has 1 fully saturated rings. The van der Waals surface area contributed by atoms with Gasteiger partial charge in [-0.15, -0.1) is 0 Å². The first kappa shape index (κ1) is 15.8. The molecule has 0 spiro atoms. The highest BCUT2D eigenvalue weighted by atomic mass is 19.1. The highest BCUT2D eigenvalue weighted by Gasteiger charge is 2.36. The lowest BCUT2D eigenvalue weighted by Crippen LogP contribution is -2.49. The van der Waals surface area contributed by atoms with Gasteiger partial charge < -0.3 is 10.6 Å². The third kappa shape index (κ3) is 4.19. The molecule has 4 heteroatoms. The van der Waals surface area contributed by atoms with Crippen molar-refractivity contribution in [2.75, 3.05) is 6.54 Å². The highest BCUT2D eigenvalue weighted by Crippen LogP contribution is 2.40. The molecule has 2 rings (SSSR count). The molecule has 116 valence electrons. The molecule has 2 amide bonds. The smallest absolute Gasteiger partial charge is 0.315 e. The molecular formula is C17H25FN2O. The van der Waals surface area contributed by atoms with Crippen molar-refractivity contribution < 1.29 is 9.18 Å². The Morgan fingerprint density at radius 2 is 1.76 bits per heavy atom. The van der Waals surface area contributed by atoms with E-state index in [9.17, 15) is 9.18 Å². The van der Waals surface area contributed by atoms with E-state index in [0.717, 1.165) is 31.2 Å². The number of urea groups is 1. The van der Waals surface area contributed by atoms with Gasteiger partial charge in [-0.05, 0) is 51.3 Å². The molecule has 1 aliphatic rings. The highest BCUT2D eigenvalue weighted by molar-refractivity contribution is 5.74. The van der Waals surface area contributed by atoms with Crippen molar-refractivity contribution in [2.45, 2.75) is 57.4 Å². The average molecular weight is 292 g/mol. The summed E-state index contributed by atoms with van der Waals surface area (Å²) in [7, 11) is 0. The lowest BCUT2D eigenvalue weighted by Gasteiger charge is -2.31. The van der Waals surface area contributed by atoms with Gasteiger partial charge in [0, 0.05) is 17.5 Å². The molecule has 0 radical (unpaired) electrons. The Morgan fingerprint density at radius 3 is 2.29 bits per heavy atom. The minimum atomic E-state index is -0.247. The van der Waals surface area contributed by atoms with Gasteiger partial charge in [-0.2, -0.15) is 0 Å². The van der Waals surface area contributed by atoms with Gasteiger partial charge in [0.1, 0.15) is 5.82 Å². The monoisotopic (exact) mass is 292 g/mol. The Bertz CT molecular complexity index is 485. The minimum Gasteiger partial charge on any atom is -0.337 e. The molecule has 3 nitrogen and oxygen atoms in total. The Hall–Kier alpha value is -1.58. The molecule has 1 aromatic rings. The van der Waals surface area contributed by atoms with Crippen LogP contribution in [0.3, 0.4) is 0 Å². The second-order valence-corrected chi connectivity index (χ2v) is 7.05. The summed E-state index contributed by atoms with van der Waals surface area (Å²) < 4.78 is 13.1. The zero-order valence-corrected chi connectivity index (χ0v) is 13.1. The first-order chi connectivity index (χ1) is 9.81. The van der Waals surface area contributed by atoms with Crippen molar-refractivity contribution in [3.63, 3.8) is 0 Å². The predicted molar refractivity (Wildman–Crippen MR) is 82.8 cm³/mol. The van der Waals surface area contributed by atoms with Crippen LogP contribution < -0.4 is 10.6 Å². The van der Waals surface area contributed by atoms with Gasteiger partial charge in [-0.3, -0.25) is 0 Å². The number of amides is 2. The SMILES string of the molecule is CC(C)(C)NC(=O)NCC1(c2ccc(F)cc2)CCCC1. The standard InChI is InChI=1S/C17H25FN2O/c1-16(2,3)20-15(21)19-12-17(10-4-5-11-17)13-6-8-14(18)9-7-13/h6-9H,4-5,10-12H2,1-3H3,(H2,19,20,21). The van der Waals surface area contributed by atoms with Crippen LogP contribution in [0.15, 0.2) is 24.3 Å². The molecule has 0 heterocycles. The third-order valence-corrected chi connectivity index (χ3v) is 4.09. The van der Waals surface area contributed by atoms with E-state index < -0.39 is 0 Å². The van der Waals surface area contributed by atoms with Crippen LogP contribution in [0.4, 0.5) is 9.18 Å². The summed E-state index contributed by atoms with van der Waals surface area (Å²) in [6.07, 6.45) is 4.38. The van der Waals surface area contributed by atoms with Gasteiger partial charge in [-0.1, -0.05) is 25.0 Å². The van der Waals surface area contributed by atoms with E-state index in [0.29, 0.717) is 6.54 Å². The zero-order valence-electron chi connectivity index (χ0n) is 13.1. The Morgan fingerprint density at radius 1 is 1.19 bits per heavy atom. The summed E-state index contributed by atoms with van der Waals surface area (Å²) in [5.74, 6) is -0.217. The second-order valence-electron chi connectivity index (χ2n) is 7.05. The topological polar surface area (TPSA) is 41.1 Å². The molecule has 1 aromatic carbocycles. The lowest BCUT2D eigenvalue weighted by atomic mass is 9.79. The molecule has 2 N–H and O–H groups in total. The summed E-state index contributed by atoms with van der Waals surface area (Å²) in [5, 5.41) is 5.90. The maximum atomic E-state index is 13.1. The number of hydrogen-bond donors (Lipinski definition) is 2. The van der Waals surface area contributed by atoms with E-state index in [1.807, 2.05) is 32.9 Å². The molecule has 0 bridgehead atoms. The molecule has 0 saturated heterocycles. The molecule has 21 heavy (non-hydrogen) atoms. The van der Waals surface area contributed by atoms with E-state index in [1.165, 1.54) is 12.1 Å². The van der Waals surface area contributed by atoms with Gasteiger partial charge in [0.25, 0.3) is 0 Å². The van der Waals surface area contributed by atoms with Crippen molar-refractivity contribution in [1.29, 1.82) is 0 Å². The number of halogens is 1. The first-order valence-corrected chi connectivity index (χ1v) is 7.63. The minimum absolute atomic E-state index is 0.0527. The van der Waals surface area contributed by atoms with E-state index in [4.69, 9.17) is 0 Å². The number of benzene rings is 1. The molecule has 0 aromatic heterocycles. The second kappa shape index (κ2) is 6.04. The van der Waals surface area contributed by atoms with Gasteiger partial charge in [-0.25, -0.2) is 9.18 Å². The van der Waals surface area contributed by atoms with Crippen LogP contribution in [0.1, 0.15) is 52.0 Å². The molecule has 0 aliphatic heterocycles. The number of hydrogen-bond acceptors (Lipinski definition) is 1. The zero-order chi connectivity index (χ0) is 15.5. The molecule has 1 aliphatic carbocycles. The number of carbonyl (C=O) groups is 1. The predicted octanol–water partition coefficient (Wildman–Crippen LogP) is 3.74. The van der Waals surface area contributed by atoms with Crippen LogP contribution in [0.25, 0.3) is 0 Å². The van der Waals surface area contributed by atoms with Crippen molar-refractivity contribution in [3.05, 3.63) is 35.6 Å². The average Bonchev–Trinajstić information content (AvgIpc) is 2.85. The third-order valence-electron chi connectivity index (χ3n) is 4.09. The Balaban J connectivity index is 2.06. The fourth-order valence-electron chi connectivity index (χ4n) is 3.06. The fourth-order valence-corrected chi connectivity index (χ4v) is 3.06. The number of nitrogens with one attached hydrogen (secondary N) is 2. The Labute approximate surface area is 126 Å². The van der Waals surface area contributed by atoms with Crippen LogP contribution in [0.5, 0.6) is 0 Å². The largest absolute Gasteiger partial charge is 0.337 e. The molecular weight excluding hydrogens is 267 g/mol. The Kier molecular flexibility index (Phi) is 4.55. The maximum absolute atomic E-state index is 13.1. The molecule has 0 unspecified atom stereocenters. The van der Waals surface area contributed by atoms with Crippen molar-refractivity contribution in [1.82, 2.24) is 10.6 Å². The van der Waals surface area contributed by atoms with Crippen LogP contribution in [0, 0.1) is 5.82 Å². The number of rotatable bonds is 3. The van der Waals surface area contributed by atoms with E-state index >= 15 is 0 Å². The van der Waals surface area contributed by atoms with Gasteiger partial charge in [0.2, 0.25) is 0 Å². The normalized spacial score (nSPS) is 17.5. The summed E-state index contributed by atoms with van der Waals surface area (Å²) in [6.45, 7) is 6.47. The van der Waals surface area contributed by atoms with E-state index in [1.54, 1.807) is 0 Å². The van der Waals surface area contributed by atoms with Crippen molar-refractivity contribution >= 4 is 6.03 Å². The van der Waals surface area contributed by atoms with Crippen LogP contribution in [-0.4, -0.2) is 18.1 Å². The molecule has 1 saturated carbocycles.